The van der Waals surface area contributed by atoms with Gasteiger partial charge >= 0.3 is 11.2 Å². The highest BCUT2D eigenvalue weighted by Crippen LogP contribution is 2.38. The molecule has 1 amide bonds. The largest absolute Gasteiger partial charge is 0.492 e. The molecule has 1 aromatic carbocycles. The Morgan fingerprint density at radius 3 is 2.83 bits per heavy atom. The summed E-state index contributed by atoms with van der Waals surface area (Å²) >= 11 is 0.973. The Hall–Kier alpha value is -4.07. The van der Waals surface area contributed by atoms with Gasteiger partial charge in [-0.15, -0.1) is 11.3 Å². The molecule has 1 atom stereocenters. The monoisotopic (exact) mass is 581 g/mol. The highest BCUT2D eigenvalue weighted by molar-refractivity contribution is 8.07. The number of aromatic nitrogens is 2. The summed E-state index contributed by atoms with van der Waals surface area (Å²) in [5.74, 6) is -0.274. The molecule has 2 aliphatic rings. The maximum atomic E-state index is 13.3. The van der Waals surface area contributed by atoms with Gasteiger partial charge in [-0.05, 0) is 48.2 Å². The molecular weight excluding hydrogens is 558 g/mol. The van der Waals surface area contributed by atoms with E-state index in [1.807, 2.05) is 6.07 Å². The third-order valence-corrected chi connectivity index (χ3v) is 10.0. The molecule has 6 rings (SSSR count). The minimum absolute atomic E-state index is 0.0108. The highest BCUT2D eigenvalue weighted by atomic mass is 32.2. The van der Waals surface area contributed by atoms with Crippen molar-refractivity contribution in [1.29, 1.82) is 0 Å². The molecule has 2 N–H and O–H groups in total. The van der Waals surface area contributed by atoms with E-state index >= 15 is 0 Å². The minimum atomic E-state index is -4.07. The normalized spacial score (nSPS) is 17.6. The third kappa shape index (κ3) is 4.08. The molecule has 4 aromatic rings. The smallest absolute Gasteiger partial charge is 0.343 e. The standard InChI is InChI=1S/C27H23N3O8S2/c1-2-27(34)19-12-21-23-16(13-30(21)24(31)18(19)14-38-25(27)32)10-15-11-17(5-6-20(15)29-23)37-8-7-28-26(33)40(35,36)22-4-3-9-39-22/h3-6,9-12,34H,2,7-8,13-14H2,1H3,(H,28,33). The van der Waals surface area contributed by atoms with E-state index in [1.165, 1.54) is 6.07 Å². The van der Waals surface area contributed by atoms with Crippen molar-refractivity contribution in [1.82, 2.24) is 14.9 Å². The summed E-state index contributed by atoms with van der Waals surface area (Å²) in [7, 11) is -4.07. The van der Waals surface area contributed by atoms with Crippen molar-refractivity contribution in [2.24, 2.45) is 0 Å². The molecule has 0 bridgehead atoms. The second-order valence-electron chi connectivity index (χ2n) is 9.45. The maximum Gasteiger partial charge on any atom is 0.343 e. The van der Waals surface area contributed by atoms with Crippen LogP contribution in [0.3, 0.4) is 0 Å². The summed E-state index contributed by atoms with van der Waals surface area (Å²) < 4.78 is 36.8. The number of amides is 1. The van der Waals surface area contributed by atoms with Crippen LogP contribution in [0.15, 0.2) is 56.8 Å². The molecule has 11 nitrogen and oxygen atoms in total. The molecule has 206 valence electrons. The van der Waals surface area contributed by atoms with Crippen LogP contribution in [0.4, 0.5) is 4.79 Å². The van der Waals surface area contributed by atoms with E-state index in [0.717, 1.165) is 22.3 Å². The van der Waals surface area contributed by atoms with E-state index < -0.39 is 26.6 Å². The minimum Gasteiger partial charge on any atom is -0.492 e. The Bertz CT molecular complexity index is 1860. The lowest BCUT2D eigenvalue weighted by molar-refractivity contribution is -0.172. The fourth-order valence-electron chi connectivity index (χ4n) is 4.98. The zero-order chi connectivity index (χ0) is 28.2. The number of nitrogens with zero attached hydrogens (tertiary/aromatic N) is 2. The lowest BCUT2D eigenvalue weighted by Crippen LogP contribution is -2.44. The molecular formula is C27H23N3O8S2. The quantitative estimate of drug-likeness (QED) is 0.228. The second-order valence-corrected chi connectivity index (χ2v) is 12.5. The Labute approximate surface area is 231 Å². The fraction of sp³-hybridized carbons (Fsp3) is 0.259. The number of aliphatic hydroxyl groups is 1. The van der Waals surface area contributed by atoms with Crippen molar-refractivity contribution >= 4 is 43.3 Å². The first-order valence-corrected chi connectivity index (χ1v) is 14.8. The number of ether oxygens (including phenoxy) is 2. The van der Waals surface area contributed by atoms with Crippen molar-refractivity contribution in [2.75, 3.05) is 13.2 Å². The van der Waals surface area contributed by atoms with Crippen molar-refractivity contribution in [3.05, 3.63) is 74.9 Å². The van der Waals surface area contributed by atoms with E-state index in [4.69, 9.17) is 14.5 Å². The second kappa shape index (κ2) is 9.54. The molecule has 2 aliphatic heterocycles. The molecule has 1 unspecified atom stereocenters. The SMILES string of the molecule is CCC1(O)C(=O)OCc2c1cc1n(c2=O)Cc2cc3cc(OCCNC(=O)S(=O)(=O)c4cccs4)ccc3nc2-1. The number of thiophene rings is 1. The van der Waals surface area contributed by atoms with Crippen LogP contribution < -0.4 is 15.6 Å². The number of sulfone groups is 1. The van der Waals surface area contributed by atoms with Gasteiger partial charge in [0.15, 0.2) is 5.60 Å². The number of nitrogens with one attached hydrogen (secondary N) is 1. The average molecular weight is 582 g/mol. The summed E-state index contributed by atoms with van der Waals surface area (Å²) in [4.78, 5) is 42.5. The molecule has 0 fully saturated rings. The Kier molecular flexibility index (Phi) is 6.24. The van der Waals surface area contributed by atoms with Crippen LogP contribution in [0.1, 0.15) is 30.0 Å². The number of cyclic esters (lactones) is 1. The van der Waals surface area contributed by atoms with Crippen LogP contribution in [0.5, 0.6) is 5.75 Å². The molecule has 0 aliphatic carbocycles. The van der Waals surface area contributed by atoms with E-state index in [-0.39, 0.29) is 53.6 Å². The number of esters is 1. The van der Waals surface area contributed by atoms with Gasteiger partial charge in [0.2, 0.25) is 0 Å². The summed E-state index contributed by atoms with van der Waals surface area (Å²) in [5, 5.41) is 14.6. The van der Waals surface area contributed by atoms with E-state index in [9.17, 15) is 27.9 Å². The number of carbonyl (C=O) groups is 2. The van der Waals surface area contributed by atoms with Gasteiger partial charge in [-0.2, -0.15) is 0 Å². The highest BCUT2D eigenvalue weighted by Gasteiger charge is 2.45. The molecule has 0 spiro atoms. The number of hydrogen-bond acceptors (Lipinski definition) is 10. The lowest BCUT2D eigenvalue weighted by Gasteiger charge is -2.31. The predicted molar refractivity (Wildman–Crippen MR) is 145 cm³/mol. The van der Waals surface area contributed by atoms with Crippen LogP contribution in [-0.4, -0.2) is 47.4 Å². The maximum absolute atomic E-state index is 13.3. The number of rotatable bonds is 6. The van der Waals surface area contributed by atoms with Crippen molar-refractivity contribution in [3.8, 4) is 17.1 Å². The van der Waals surface area contributed by atoms with Gasteiger partial charge in [-0.3, -0.25) is 9.59 Å². The first kappa shape index (κ1) is 26.2. The lowest BCUT2D eigenvalue weighted by atomic mass is 9.86. The third-order valence-electron chi connectivity index (χ3n) is 7.12. The van der Waals surface area contributed by atoms with Crippen LogP contribution in [-0.2, 0) is 38.1 Å². The molecule has 5 heterocycles. The van der Waals surface area contributed by atoms with Crippen molar-refractivity contribution in [2.45, 2.75) is 36.3 Å². The van der Waals surface area contributed by atoms with Gasteiger partial charge in [0.1, 0.15) is 23.2 Å². The van der Waals surface area contributed by atoms with Gasteiger partial charge in [-0.1, -0.05) is 13.0 Å². The van der Waals surface area contributed by atoms with Crippen LogP contribution >= 0.6 is 11.3 Å². The van der Waals surface area contributed by atoms with Gasteiger partial charge in [0, 0.05) is 16.5 Å². The predicted octanol–water partition coefficient (Wildman–Crippen LogP) is 2.70. The number of carbonyl (C=O) groups excluding carboxylic acids is 2. The Balaban J connectivity index is 1.21. The number of pyridine rings is 2. The number of hydrogen-bond donors (Lipinski definition) is 2. The van der Waals surface area contributed by atoms with Crippen LogP contribution in [0, 0.1) is 0 Å². The van der Waals surface area contributed by atoms with E-state index in [0.29, 0.717) is 22.7 Å². The van der Waals surface area contributed by atoms with E-state index in [1.54, 1.807) is 47.2 Å². The molecule has 0 saturated heterocycles. The van der Waals surface area contributed by atoms with Gasteiger partial charge < -0.3 is 24.5 Å². The topological polar surface area (TPSA) is 154 Å². The summed E-state index contributed by atoms with van der Waals surface area (Å²) in [6.45, 7) is 1.77. The van der Waals surface area contributed by atoms with Crippen LogP contribution in [0.2, 0.25) is 0 Å². The summed E-state index contributed by atoms with van der Waals surface area (Å²) in [6, 6.07) is 11.7. The van der Waals surface area contributed by atoms with Crippen LogP contribution in [0.25, 0.3) is 22.3 Å². The zero-order valence-corrected chi connectivity index (χ0v) is 22.8. The molecule has 13 heteroatoms. The van der Waals surface area contributed by atoms with Gasteiger partial charge in [-0.25, -0.2) is 18.2 Å². The van der Waals surface area contributed by atoms with Crippen molar-refractivity contribution < 1.29 is 32.6 Å². The molecule has 40 heavy (non-hydrogen) atoms. The number of benzene rings is 1. The van der Waals surface area contributed by atoms with Gasteiger partial charge in [0.25, 0.3) is 15.4 Å². The number of fused-ring (bicyclic) bond motifs is 5. The Morgan fingerprint density at radius 1 is 1.25 bits per heavy atom. The summed E-state index contributed by atoms with van der Waals surface area (Å²) in [6.07, 6.45) is 0.0661. The molecule has 0 radical (unpaired) electrons. The first-order valence-electron chi connectivity index (χ1n) is 12.4. The van der Waals surface area contributed by atoms with E-state index in [2.05, 4.69) is 5.32 Å². The Morgan fingerprint density at radius 2 is 2.08 bits per heavy atom. The van der Waals surface area contributed by atoms with Gasteiger partial charge in [0.05, 0.1) is 35.6 Å². The fourth-order valence-corrected chi connectivity index (χ4v) is 7.06. The van der Waals surface area contributed by atoms with Crippen molar-refractivity contribution in [3.63, 3.8) is 0 Å². The molecule has 3 aromatic heterocycles. The average Bonchev–Trinajstić information content (AvgIpc) is 3.61. The first-order chi connectivity index (χ1) is 19.1. The summed E-state index contributed by atoms with van der Waals surface area (Å²) in [5.41, 5.74) is 0.854. The zero-order valence-electron chi connectivity index (χ0n) is 21.2. The molecule has 0 saturated carbocycles.